The highest BCUT2D eigenvalue weighted by Crippen LogP contribution is 2.54. The smallest absolute Gasteiger partial charge is 0.136 e. The maximum atomic E-state index is 12.3. The van der Waals surface area contributed by atoms with E-state index >= 15 is 0 Å². The molecule has 0 aromatic carbocycles. The van der Waals surface area contributed by atoms with E-state index in [4.69, 9.17) is 0 Å². The molecule has 0 N–H and O–H groups in total. The van der Waals surface area contributed by atoms with E-state index in [1.807, 2.05) is 0 Å². The first-order chi connectivity index (χ1) is 8.79. The van der Waals surface area contributed by atoms with Crippen LogP contribution in [0.25, 0.3) is 0 Å². The maximum Gasteiger partial charge on any atom is 0.136 e. The standard InChI is InChI=1S/C16H24O2/c17-13-9-5-1-3-7-11-15(13)12-8-4-2-6-10-14(18)16(11)12/h11-12,15-16H,1-10H2. The minimum atomic E-state index is 0.261. The van der Waals surface area contributed by atoms with Gasteiger partial charge in [-0.25, -0.2) is 0 Å². The van der Waals surface area contributed by atoms with Gasteiger partial charge in [0.2, 0.25) is 0 Å². The fraction of sp³-hybridized carbons (Fsp3) is 0.875. The van der Waals surface area contributed by atoms with Crippen molar-refractivity contribution >= 4 is 11.6 Å². The summed E-state index contributed by atoms with van der Waals surface area (Å²) in [5, 5.41) is 0. The Morgan fingerprint density at radius 3 is 1.50 bits per heavy atom. The van der Waals surface area contributed by atoms with Gasteiger partial charge in [-0.05, 0) is 37.5 Å². The minimum absolute atomic E-state index is 0.261. The molecule has 0 aliphatic heterocycles. The molecule has 0 atom stereocenters. The highest BCUT2D eigenvalue weighted by molar-refractivity contribution is 5.89. The van der Waals surface area contributed by atoms with Gasteiger partial charge in [0.1, 0.15) is 11.6 Å². The van der Waals surface area contributed by atoms with Crippen molar-refractivity contribution in [2.75, 3.05) is 0 Å². The molecule has 0 radical (unpaired) electrons. The topological polar surface area (TPSA) is 34.1 Å². The summed E-state index contributed by atoms with van der Waals surface area (Å²) in [6, 6.07) is 0. The number of hydrogen-bond acceptors (Lipinski definition) is 2. The van der Waals surface area contributed by atoms with Crippen LogP contribution in [0.3, 0.4) is 0 Å². The lowest BCUT2D eigenvalue weighted by Crippen LogP contribution is -2.54. The SMILES string of the molecule is O=C1CCCCCC2C1C1CCCCCC(=O)C21. The van der Waals surface area contributed by atoms with Gasteiger partial charge in [-0.2, -0.15) is 0 Å². The summed E-state index contributed by atoms with van der Waals surface area (Å²) in [6.07, 6.45) is 10.8. The van der Waals surface area contributed by atoms with Crippen LogP contribution >= 0.6 is 0 Å². The molecule has 3 saturated carbocycles. The van der Waals surface area contributed by atoms with Gasteiger partial charge >= 0.3 is 0 Å². The van der Waals surface area contributed by atoms with E-state index < -0.39 is 0 Å². The van der Waals surface area contributed by atoms with E-state index in [2.05, 4.69) is 0 Å². The molecule has 0 amide bonds. The number of fused-ring (bicyclic) bond motifs is 4. The highest BCUT2D eigenvalue weighted by atomic mass is 16.1. The van der Waals surface area contributed by atoms with Gasteiger partial charge < -0.3 is 0 Å². The third-order valence-corrected chi connectivity index (χ3v) is 5.51. The average molecular weight is 248 g/mol. The van der Waals surface area contributed by atoms with Crippen LogP contribution < -0.4 is 0 Å². The van der Waals surface area contributed by atoms with Crippen LogP contribution in [0, 0.1) is 23.7 Å². The largest absolute Gasteiger partial charge is 0.299 e. The van der Waals surface area contributed by atoms with Crippen LogP contribution in [-0.2, 0) is 9.59 Å². The van der Waals surface area contributed by atoms with Crippen LogP contribution in [0.15, 0.2) is 0 Å². The van der Waals surface area contributed by atoms with E-state index in [1.54, 1.807) is 0 Å². The molecule has 0 spiro atoms. The summed E-state index contributed by atoms with van der Waals surface area (Å²) in [5.41, 5.74) is 0. The monoisotopic (exact) mass is 248 g/mol. The molecule has 0 aromatic heterocycles. The Morgan fingerprint density at radius 2 is 1.06 bits per heavy atom. The summed E-state index contributed by atoms with van der Waals surface area (Å²) in [6.45, 7) is 0. The molecule has 18 heavy (non-hydrogen) atoms. The second kappa shape index (κ2) is 5.14. The maximum absolute atomic E-state index is 12.3. The molecule has 3 fully saturated rings. The first kappa shape index (κ1) is 12.4. The van der Waals surface area contributed by atoms with Crippen LogP contribution in [0.2, 0.25) is 0 Å². The van der Waals surface area contributed by atoms with Crippen molar-refractivity contribution in [2.45, 2.75) is 64.2 Å². The van der Waals surface area contributed by atoms with Gasteiger partial charge in [0.05, 0.1) is 0 Å². The third-order valence-electron chi connectivity index (χ3n) is 5.51. The van der Waals surface area contributed by atoms with Crippen LogP contribution in [0.1, 0.15) is 64.2 Å². The van der Waals surface area contributed by atoms with Crippen LogP contribution in [0.4, 0.5) is 0 Å². The van der Waals surface area contributed by atoms with Crippen molar-refractivity contribution in [2.24, 2.45) is 23.7 Å². The number of hydrogen-bond donors (Lipinski definition) is 0. The number of carbonyl (C=O) groups is 2. The van der Waals surface area contributed by atoms with Crippen molar-refractivity contribution in [1.82, 2.24) is 0 Å². The van der Waals surface area contributed by atoms with E-state index in [1.165, 1.54) is 25.7 Å². The fourth-order valence-electron chi connectivity index (χ4n) is 4.66. The lowest BCUT2D eigenvalue weighted by molar-refractivity contribution is -0.152. The van der Waals surface area contributed by atoms with Gasteiger partial charge in [-0.3, -0.25) is 9.59 Å². The quantitative estimate of drug-likeness (QED) is 0.657. The summed E-state index contributed by atoms with van der Waals surface area (Å²) in [5.74, 6) is 2.33. The molecule has 0 aromatic rings. The zero-order valence-electron chi connectivity index (χ0n) is 11.2. The lowest BCUT2D eigenvalue weighted by atomic mass is 9.50. The normalized spacial score (nSPS) is 41.6. The van der Waals surface area contributed by atoms with Crippen molar-refractivity contribution in [3.8, 4) is 0 Å². The molecular weight excluding hydrogens is 224 g/mol. The molecule has 3 aliphatic rings. The molecule has 3 aliphatic carbocycles. The molecule has 100 valence electrons. The Morgan fingerprint density at radius 1 is 0.611 bits per heavy atom. The summed E-state index contributed by atoms with van der Waals surface area (Å²) in [4.78, 5) is 24.6. The first-order valence-corrected chi connectivity index (χ1v) is 7.84. The second-order valence-electron chi connectivity index (χ2n) is 6.51. The van der Waals surface area contributed by atoms with Crippen molar-refractivity contribution in [1.29, 1.82) is 0 Å². The summed E-state index contributed by atoms with van der Waals surface area (Å²) in [7, 11) is 0. The van der Waals surface area contributed by atoms with Crippen LogP contribution in [0.5, 0.6) is 0 Å². The number of rotatable bonds is 0. The van der Waals surface area contributed by atoms with Gasteiger partial charge in [-0.15, -0.1) is 0 Å². The molecule has 2 heteroatoms. The Hall–Kier alpha value is -0.660. The Labute approximate surface area is 110 Å². The van der Waals surface area contributed by atoms with Gasteiger partial charge in [0.25, 0.3) is 0 Å². The first-order valence-electron chi connectivity index (χ1n) is 7.84. The van der Waals surface area contributed by atoms with Gasteiger partial charge in [-0.1, -0.05) is 25.7 Å². The summed E-state index contributed by atoms with van der Waals surface area (Å²) >= 11 is 0. The van der Waals surface area contributed by atoms with E-state index in [0.29, 0.717) is 23.4 Å². The molecular formula is C16H24O2. The lowest BCUT2D eigenvalue weighted by Gasteiger charge is -2.52. The van der Waals surface area contributed by atoms with Crippen LogP contribution in [-0.4, -0.2) is 11.6 Å². The molecule has 0 unspecified atom stereocenters. The predicted octanol–water partition coefficient (Wildman–Crippen LogP) is 3.53. The van der Waals surface area contributed by atoms with Crippen molar-refractivity contribution in [3.63, 3.8) is 0 Å². The number of Topliss-reactive ketones (excluding diaryl/α,β-unsaturated/α-hetero) is 2. The zero-order chi connectivity index (χ0) is 12.5. The number of ketones is 2. The fourth-order valence-corrected chi connectivity index (χ4v) is 4.66. The Balaban J connectivity index is 1.80. The molecule has 0 saturated heterocycles. The highest BCUT2D eigenvalue weighted by Gasteiger charge is 2.55. The van der Waals surface area contributed by atoms with Crippen molar-refractivity contribution < 1.29 is 9.59 Å². The van der Waals surface area contributed by atoms with E-state index in [9.17, 15) is 9.59 Å². The minimum Gasteiger partial charge on any atom is -0.299 e. The van der Waals surface area contributed by atoms with Gasteiger partial charge in [0, 0.05) is 24.7 Å². The molecule has 0 heterocycles. The summed E-state index contributed by atoms with van der Waals surface area (Å²) < 4.78 is 0. The molecule has 0 bridgehead atoms. The predicted molar refractivity (Wildman–Crippen MR) is 70.1 cm³/mol. The Bertz CT molecular complexity index is 305. The van der Waals surface area contributed by atoms with Crippen molar-refractivity contribution in [3.05, 3.63) is 0 Å². The van der Waals surface area contributed by atoms with E-state index in [0.717, 1.165) is 38.5 Å². The third kappa shape index (κ3) is 2.04. The second-order valence-corrected chi connectivity index (χ2v) is 6.51. The average Bonchev–Trinajstić information content (AvgIpc) is 2.30. The Kier molecular flexibility index (Phi) is 3.54. The van der Waals surface area contributed by atoms with E-state index in [-0.39, 0.29) is 11.8 Å². The van der Waals surface area contributed by atoms with Gasteiger partial charge in [0.15, 0.2) is 0 Å². The number of carbonyl (C=O) groups excluding carboxylic acids is 2. The molecule has 3 rings (SSSR count). The zero-order valence-corrected chi connectivity index (χ0v) is 11.2. The molecule has 2 nitrogen and oxygen atoms in total.